The van der Waals surface area contributed by atoms with Gasteiger partial charge in [0.2, 0.25) is 12.5 Å². The first-order chi connectivity index (χ1) is 31.4. The highest BCUT2D eigenvalue weighted by atomic mass is 31.2. The number of methoxy groups -OCH3 is 1. The first kappa shape index (κ1) is 48.4. The number of nitrogens with zero attached hydrogens (tertiary/aromatic N) is 8. The van der Waals surface area contributed by atoms with Crippen LogP contribution in [0.5, 0.6) is 5.75 Å². The van der Waals surface area contributed by atoms with Crippen LogP contribution in [0, 0.1) is 28.0 Å². The van der Waals surface area contributed by atoms with Crippen LogP contribution in [0.25, 0.3) is 16.5 Å². The number of benzene rings is 2. The third kappa shape index (κ3) is 12.4. The van der Waals surface area contributed by atoms with Crippen molar-refractivity contribution in [2.75, 3.05) is 38.3 Å². The quantitative estimate of drug-likeness (QED) is 0.0273. The highest BCUT2D eigenvalue weighted by Gasteiger charge is 2.40. The first-order valence-corrected chi connectivity index (χ1v) is 22.3. The number of nitriles is 1. The molecule has 346 valence electrons. The zero-order valence-electron chi connectivity index (χ0n) is 38.9. The number of H-pyrrole nitrogens is 1. The van der Waals surface area contributed by atoms with Crippen molar-refractivity contribution in [3.8, 4) is 11.8 Å². The SMILES string of the molecule is [2H]C[C@H]1O[C@@H](n2cc(/C=C/CNC(=O)CCCN3c4cc(OC)c(N=Nc5ccc([N+](=O)[O-])cc5C#N)cc4C(C)=CC3(C)C)c(=O)[nH]c2=O)CC1OP(OCC[N+]#[C-])N(C(C)C)C(C)C. The van der Waals surface area contributed by atoms with Crippen LogP contribution in [-0.2, 0) is 18.6 Å². The van der Waals surface area contributed by atoms with Crippen molar-refractivity contribution in [1.29, 1.82) is 5.26 Å². The van der Waals surface area contributed by atoms with E-state index in [0.717, 1.165) is 22.9 Å². The predicted molar refractivity (Wildman–Crippen MR) is 248 cm³/mol. The molecule has 4 atom stereocenters. The second-order valence-corrected chi connectivity index (χ2v) is 17.9. The number of amides is 1. The molecule has 1 saturated heterocycles. The van der Waals surface area contributed by atoms with Crippen molar-refractivity contribution in [2.24, 2.45) is 10.2 Å². The second-order valence-electron chi connectivity index (χ2n) is 16.5. The van der Waals surface area contributed by atoms with E-state index in [1.165, 1.54) is 36.1 Å². The van der Waals surface area contributed by atoms with E-state index in [9.17, 15) is 29.8 Å². The molecule has 2 N–H and O–H groups in total. The lowest BCUT2D eigenvalue weighted by Crippen LogP contribution is -2.45. The molecule has 0 bridgehead atoms. The third-order valence-electron chi connectivity index (χ3n) is 10.7. The van der Waals surface area contributed by atoms with Gasteiger partial charge in [-0.1, -0.05) is 18.2 Å². The Morgan fingerprint density at radius 2 is 1.98 bits per heavy atom. The molecule has 0 spiro atoms. The number of azo groups is 1. The molecule has 0 aliphatic carbocycles. The Balaban J connectivity index is 1.21. The van der Waals surface area contributed by atoms with E-state index in [4.69, 9.17) is 26.5 Å². The van der Waals surface area contributed by atoms with Gasteiger partial charge in [-0.05, 0) is 79.5 Å². The molecule has 0 radical (unpaired) electrons. The van der Waals surface area contributed by atoms with Gasteiger partial charge in [0.15, 0.2) is 0 Å². The van der Waals surface area contributed by atoms with Crippen molar-refractivity contribution in [3.05, 3.63) is 108 Å². The highest BCUT2D eigenvalue weighted by molar-refractivity contribution is 7.44. The van der Waals surface area contributed by atoms with Crippen molar-refractivity contribution in [2.45, 2.75) is 111 Å². The fraction of sp³-hybridized carbons (Fsp3) is 0.489. The van der Waals surface area contributed by atoms with E-state index in [0.29, 0.717) is 24.4 Å². The molecule has 20 heteroatoms. The van der Waals surface area contributed by atoms with Crippen LogP contribution in [0.15, 0.2) is 68.5 Å². The van der Waals surface area contributed by atoms with Crippen LogP contribution in [0.3, 0.4) is 0 Å². The zero-order valence-corrected chi connectivity index (χ0v) is 38.8. The van der Waals surface area contributed by atoms with Gasteiger partial charge in [-0.3, -0.25) is 29.3 Å². The van der Waals surface area contributed by atoms with Crippen LogP contribution in [-0.4, -0.2) is 88.2 Å². The summed E-state index contributed by atoms with van der Waals surface area (Å²) < 4.78 is 35.9. The third-order valence-corrected chi connectivity index (χ3v) is 12.9. The number of rotatable bonds is 20. The molecule has 5 rings (SSSR count). The molecule has 2 aliphatic rings. The van der Waals surface area contributed by atoms with Gasteiger partial charge in [0.05, 0.1) is 40.9 Å². The Morgan fingerprint density at radius 1 is 1.25 bits per heavy atom. The number of nitro benzene ring substituents is 1. The lowest BCUT2D eigenvalue weighted by Gasteiger charge is -2.43. The molecule has 19 nitrogen and oxygen atoms in total. The highest BCUT2D eigenvalue weighted by Crippen LogP contribution is 2.50. The van der Waals surface area contributed by atoms with Gasteiger partial charge in [-0.25, -0.2) is 16.0 Å². The maximum absolute atomic E-state index is 13.0. The van der Waals surface area contributed by atoms with Gasteiger partial charge in [0, 0.05) is 75.0 Å². The Morgan fingerprint density at radius 3 is 2.65 bits per heavy atom. The summed E-state index contributed by atoms with van der Waals surface area (Å²) in [6.07, 6.45) is 5.50. The smallest absolute Gasteiger partial charge is 0.330 e. The van der Waals surface area contributed by atoms with Crippen LogP contribution in [0.2, 0.25) is 0 Å². The number of ether oxygens (including phenoxy) is 2. The molecule has 1 fully saturated rings. The number of nitrogens with one attached hydrogen (secondary N) is 2. The predicted octanol–water partition coefficient (Wildman–Crippen LogP) is 8.33. The summed E-state index contributed by atoms with van der Waals surface area (Å²) >= 11 is 0. The normalized spacial score (nSPS) is 18.7. The van der Waals surface area contributed by atoms with E-state index in [1.54, 1.807) is 6.08 Å². The number of allylic oxidation sites excluding steroid dienone is 1. The lowest BCUT2D eigenvalue weighted by molar-refractivity contribution is -0.384. The summed E-state index contributed by atoms with van der Waals surface area (Å²) in [5, 5.41) is 32.2. The van der Waals surface area contributed by atoms with Crippen LogP contribution < -0.4 is 26.2 Å². The topological polar surface area (TPSA) is 223 Å². The number of anilines is 1. The summed E-state index contributed by atoms with van der Waals surface area (Å²) in [7, 11) is -0.110. The summed E-state index contributed by atoms with van der Waals surface area (Å²) in [6, 6.07) is 9.54. The van der Waals surface area contributed by atoms with E-state index in [1.807, 2.05) is 52.8 Å². The van der Waals surface area contributed by atoms with Gasteiger partial charge in [-0.15, -0.1) is 10.2 Å². The maximum Gasteiger partial charge on any atom is 0.330 e. The van der Waals surface area contributed by atoms with Gasteiger partial charge in [0.1, 0.15) is 36.0 Å². The van der Waals surface area contributed by atoms with E-state index >= 15 is 0 Å². The Labute approximate surface area is 381 Å². The van der Waals surface area contributed by atoms with Gasteiger partial charge in [-0.2, -0.15) is 5.26 Å². The van der Waals surface area contributed by atoms with Gasteiger partial charge in [0.25, 0.3) is 19.8 Å². The number of carbonyl (C=O) groups is 1. The molecule has 2 unspecified atom stereocenters. The molecule has 65 heavy (non-hydrogen) atoms. The lowest BCUT2D eigenvalue weighted by atomic mass is 9.88. The number of aromatic nitrogens is 2. The number of aromatic amines is 1. The van der Waals surface area contributed by atoms with Crippen molar-refractivity contribution in [3.63, 3.8) is 0 Å². The Bertz CT molecular complexity index is 2540. The second kappa shape index (κ2) is 22.2. The molecule has 1 amide bonds. The van der Waals surface area contributed by atoms with Crippen LogP contribution in [0.1, 0.15) is 98.9 Å². The largest absolute Gasteiger partial charge is 0.494 e. The van der Waals surface area contributed by atoms with E-state index in [2.05, 4.69) is 54.9 Å². The molecule has 0 saturated carbocycles. The number of non-ortho nitro benzene ring substituents is 1. The van der Waals surface area contributed by atoms with E-state index in [-0.39, 0.29) is 79.9 Å². The standard InChI is InChI=1S/C45H57N10O9P/c1-28(2)54(29(3)4)65(62-20-18-47-9)64-39-24-42(63-31(39)6)52-27-32(43(57)49-44(52)58)13-11-17-48-41(56)14-12-19-53-38-23-40(61-10)37(22-35(38)30(5)25-45(53,7)8)51-50-36-16-15-34(55(59)60)21-33(36)26-46/h11,13,15-16,21-23,25,27-29,31,39,42H,12,14,17-20,24H2,1-8,10H3,(H,48,56)(H,49,57,58)/b13-11+,51-50?/t31-,39?,42-,65?/m1/s1/i6D. The van der Waals surface area contributed by atoms with E-state index < -0.39 is 48.7 Å². The van der Waals surface area contributed by atoms with Crippen LogP contribution in [0.4, 0.5) is 22.7 Å². The average Bonchev–Trinajstić information content (AvgIpc) is 3.67. The van der Waals surface area contributed by atoms with Gasteiger partial charge < -0.3 is 33.6 Å². The Hall–Kier alpha value is -6.08. The number of hydrogen-bond acceptors (Lipinski definition) is 14. The first-order valence-electron chi connectivity index (χ1n) is 21.9. The fourth-order valence-electron chi connectivity index (χ4n) is 7.73. The number of nitro groups is 1. The summed E-state index contributed by atoms with van der Waals surface area (Å²) in [6.45, 7) is 22.3. The monoisotopic (exact) mass is 913 g/mol. The fourth-order valence-corrected chi connectivity index (χ4v) is 9.48. The molecule has 3 heterocycles. The summed E-state index contributed by atoms with van der Waals surface area (Å²) in [4.78, 5) is 57.4. The number of fused-ring (bicyclic) bond motifs is 1. The minimum atomic E-state index is -1.62. The zero-order chi connectivity index (χ0) is 48.3. The number of hydrogen-bond donors (Lipinski definition) is 2. The van der Waals surface area contributed by atoms with Crippen molar-refractivity contribution >= 4 is 48.8 Å². The van der Waals surface area contributed by atoms with Gasteiger partial charge >= 0.3 is 5.69 Å². The molecule has 2 aliphatic heterocycles. The van der Waals surface area contributed by atoms with Crippen molar-refractivity contribution in [1.82, 2.24) is 19.5 Å². The minimum absolute atomic E-state index is 0.00958. The minimum Gasteiger partial charge on any atom is -0.494 e. The Kier molecular flexibility index (Phi) is 16.5. The summed E-state index contributed by atoms with van der Waals surface area (Å²) in [5.74, 6) is 0.220. The molecule has 1 aromatic heterocycles. The molecule has 3 aromatic rings. The average molecular weight is 914 g/mol. The van der Waals surface area contributed by atoms with Crippen molar-refractivity contribution < 1.29 is 29.6 Å². The van der Waals surface area contributed by atoms with Crippen LogP contribution >= 0.6 is 8.53 Å². The molecule has 2 aromatic carbocycles. The summed E-state index contributed by atoms with van der Waals surface area (Å²) in [5.41, 5.74) is 1.55. The molecular weight excluding hydrogens is 856 g/mol. The number of carbonyl (C=O) groups excluding carboxylic acids is 1. The maximum atomic E-state index is 13.0. The molecular formula is C45H57N10O9P.